The number of amides is 1. The number of aryl methyl sites for hydroxylation is 1. The number of carbonyl (C=O) groups is 1. The molecule has 124 valence electrons. The van der Waals surface area contributed by atoms with Crippen LogP contribution in [-0.2, 0) is 0 Å². The topological polar surface area (TPSA) is 29.1 Å². The summed E-state index contributed by atoms with van der Waals surface area (Å²) in [5, 5.41) is 3.38. The normalized spacial score (nSPS) is 36.0. The van der Waals surface area contributed by atoms with E-state index in [2.05, 4.69) is 32.2 Å². The molecule has 0 aliphatic heterocycles. The lowest BCUT2D eigenvalue weighted by Crippen LogP contribution is -2.55. The van der Waals surface area contributed by atoms with Crippen LogP contribution in [-0.4, -0.2) is 11.9 Å². The van der Waals surface area contributed by atoms with E-state index < -0.39 is 0 Å². The van der Waals surface area contributed by atoms with E-state index in [9.17, 15) is 4.79 Å². The number of carbonyl (C=O) groups excluding carboxylic acids is 1. The molecule has 1 amide bonds. The summed E-state index contributed by atoms with van der Waals surface area (Å²) < 4.78 is 0. The lowest BCUT2D eigenvalue weighted by molar-refractivity contribution is -0.0688. The van der Waals surface area contributed by atoms with Gasteiger partial charge in [0.25, 0.3) is 5.91 Å². The number of benzene rings is 1. The molecule has 1 atom stereocenters. The average Bonchev–Trinajstić information content (AvgIpc) is 2.48. The molecule has 0 spiro atoms. The van der Waals surface area contributed by atoms with Crippen molar-refractivity contribution in [2.45, 2.75) is 65.3 Å². The Kier molecular flexibility index (Phi) is 3.55. The number of nitrogens with one attached hydrogen (secondary N) is 1. The molecule has 0 aromatic heterocycles. The predicted octanol–water partition coefficient (Wildman–Crippen LogP) is 4.64. The van der Waals surface area contributed by atoms with Gasteiger partial charge >= 0.3 is 0 Å². The summed E-state index contributed by atoms with van der Waals surface area (Å²) in [4.78, 5) is 12.8. The third-order valence-corrected chi connectivity index (χ3v) is 7.20. The minimum absolute atomic E-state index is 0.120. The predicted molar refractivity (Wildman–Crippen MR) is 93.4 cm³/mol. The molecule has 23 heavy (non-hydrogen) atoms. The zero-order valence-corrected chi connectivity index (χ0v) is 14.7. The Morgan fingerprint density at radius 1 is 1.09 bits per heavy atom. The molecule has 5 rings (SSSR count). The number of rotatable bonds is 3. The Morgan fingerprint density at radius 2 is 1.65 bits per heavy atom. The lowest BCUT2D eigenvalue weighted by atomic mass is 9.48. The summed E-state index contributed by atoms with van der Waals surface area (Å²) in [6, 6.07) is 6.33. The van der Waals surface area contributed by atoms with Gasteiger partial charge < -0.3 is 5.32 Å². The standard InChI is InChI=1S/C21H29NO/c1-13-5-4-6-19(14(13)2)20(23)22-15(3)21-10-16-7-17(11-21)9-18(8-16)12-21/h4-6,15-18H,7-12H2,1-3H3,(H,22,23)/t15-,16?,17?,18?,21?/m0/s1. The van der Waals surface area contributed by atoms with Crippen molar-refractivity contribution in [2.24, 2.45) is 23.2 Å². The van der Waals surface area contributed by atoms with Gasteiger partial charge in [-0.15, -0.1) is 0 Å². The Bertz CT molecular complexity index is 597. The second-order valence-corrected chi connectivity index (χ2v) is 8.72. The van der Waals surface area contributed by atoms with Crippen LogP contribution in [0.5, 0.6) is 0 Å². The summed E-state index contributed by atoms with van der Waals surface area (Å²) in [5.41, 5.74) is 3.53. The summed E-state index contributed by atoms with van der Waals surface area (Å²) >= 11 is 0. The van der Waals surface area contributed by atoms with Gasteiger partial charge in [-0.2, -0.15) is 0 Å². The van der Waals surface area contributed by atoms with E-state index in [1.165, 1.54) is 44.1 Å². The fraction of sp³-hybridized carbons (Fsp3) is 0.667. The van der Waals surface area contributed by atoms with Crippen LogP contribution in [0.2, 0.25) is 0 Å². The van der Waals surface area contributed by atoms with E-state index in [4.69, 9.17) is 0 Å². The smallest absolute Gasteiger partial charge is 0.251 e. The molecule has 4 saturated carbocycles. The van der Waals surface area contributed by atoms with Gasteiger partial charge in [0.15, 0.2) is 0 Å². The first-order valence-electron chi connectivity index (χ1n) is 9.34. The summed E-state index contributed by atoms with van der Waals surface area (Å²) in [7, 11) is 0. The quantitative estimate of drug-likeness (QED) is 0.866. The van der Waals surface area contributed by atoms with Crippen LogP contribution in [0.3, 0.4) is 0 Å². The van der Waals surface area contributed by atoms with E-state index in [0.717, 1.165) is 28.9 Å². The van der Waals surface area contributed by atoms with Crippen molar-refractivity contribution >= 4 is 5.91 Å². The first-order valence-corrected chi connectivity index (χ1v) is 9.34. The Balaban J connectivity index is 1.53. The summed E-state index contributed by atoms with van der Waals surface area (Å²) in [6.07, 6.45) is 8.39. The van der Waals surface area contributed by atoms with Crippen molar-refractivity contribution in [3.8, 4) is 0 Å². The zero-order chi connectivity index (χ0) is 16.2. The molecule has 2 nitrogen and oxygen atoms in total. The highest BCUT2D eigenvalue weighted by Crippen LogP contribution is 2.61. The van der Waals surface area contributed by atoms with Gasteiger partial charge in [-0.05, 0) is 99.7 Å². The lowest BCUT2D eigenvalue weighted by Gasteiger charge is -2.59. The first kappa shape index (κ1) is 15.2. The van der Waals surface area contributed by atoms with Crippen molar-refractivity contribution in [3.05, 3.63) is 34.9 Å². The molecule has 0 heterocycles. The van der Waals surface area contributed by atoms with Crippen LogP contribution < -0.4 is 5.32 Å². The van der Waals surface area contributed by atoms with E-state index in [1.54, 1.807) is 0 Å². The van der Waals surface area contributed by atoms with Gasteiger partial charge in [-0.3, -0.25) is 4.79 Å². The maximum absolute atomic E-state index is 12.8. The molecule has 1 aromatic carbocycles. The van der Waals surface area contributed by atoms with Gasteiger partial charge in [0, 0.05) is 11.6 Å². The fourth-order valence-corrected chi connectivity index (χ4v) is 6.13. The number of hydrogen-bond donors (Lipinski definition) is 1. The van der Waals surface area contributed by atoms with Crippen molar-refractivity contribution in [1.82, 2.24) is 5.32 Å². The van der Waals surface area contributed by atoms with Gasteiger partial charge in [-0.25, -0.2) is 0 Å². The number of hydrogen-bond acceptors (Lipinski definition) is 1. The van der Waals surface area contributed by atoms with E-state index >= 15 is 0 Å². The Labute approximate surface area is 140 Å². The molecular weight excluding hydrogens is 282 g/mol. The molecule has 0 radical (unpaired) electrons. The highest BCUT2D eigenvalue weighted by atomic mass is 16.1. The molecular formula is C21H29NO. The molecule has 1 N–H and O–H groups in total. The molecule has 4 fully saturated rings. The average molecular weight is 311 g/mol. The van der Waals surface area contributed by atoms with Crippen LogP contribution in [0.15, 0.2) is 18.2 Å². The minimum Gasteiger partial charge on any atom is -0.349 e. The molecule has 1 aromatic rings. The second kappa shape index (κ2) is 5.36. The van der Waals surface area contributed by atoms with Crippen molar-refractivity contribution in [2.75, 3.05) is 0 Å². The largest absolute Gasteiger partial charge is 0.349 e. The van der Waals surface area contributed by atoms with Crippen LogP contribution in [0, 0.1) is 37.0 Å². The van der Waals surface area contributed by atoms with Gasteiger partial charge in [0.2, 0.25) is 0 Å². The maximum Gasteiger partial charge on any atom is 0.251 e. The SMILES string of the molecule is Cc1cccc(C(=O)N[C@@H](C)C23CC4CC(CC(C4)C2)C3)c1C. The third kappa shape index (κ3) is 2.51. The monoisotopic (exact) mass is 311 g/mol. The summed E-state index contributed by atoms with van der Waals surface area (Å²) in [5.74, 6) is 2.92. The third-order valence-electron chi connectivity index (χ3n) is 7.20. The van der Waals surface area contributed by atoms with Gasteiger partial charge in [0.1, 0.15) is 0 Å². The summed E-state index contributed by atoms with van der Waals surface area (Å²) in [6.45, 7) is 6.39. The molecule has 4 aliphatic rings. The fourth-order valence-electron chi connectivity index (χ4n) is 6.13. The van der Waals surface area contributed by atoms with Crippen molar-refractivity contribution in [1.29, 1.82) is 0 Å². The Hall–Kier alpha value is -1.31. The van der Waals surface area contributed by atoms with Crippen LogP contribution in [0.1, 0.15) is 66.9 Å². The van der Waals surface area contributed by atoms with Crippen LogP contribution in [0.25, 0.3) is 0 Å². The van der Waals surface area contributed by atoms with E-state index in [1.807, 2.05) is 12.1 Å². The minimum atomic E-state index is 0.120. The maximum atomic E-state index is 12.8. The van der Waals surface area contributed by atoms with E-state index in [0.29, 0.717) is 11.5 Å². The highest BCUT2D eigenvalue weighted by molar-refractivity contribution is 5.96. The molecule has 0 saturated heterocycles. The van der Waals surface area contributed by atoms with Crippen molar-refractivity contribution in [3.63, 3.8) is 0 Å². The second-order valence-electron chi connectivity index (χ2n) is 8.72. The van der Waals surface area contributed by atoms with Crippen LogP contribution >= 0.6 is 0 Å². The highest BCUT2D eigenvalue weighted by Gasteiger charge is 2.53. The molecule has 2 heteroatoms. The van der Waals surface area contributed by atoms with Crippen molar-refractivity contribution < 1.29 is 4.79 Å². The Morgan fingerprint density at radius 3 is 2.22 bits per heavy atom. The van der Waals surface area contributed by atoms with Gasteiger partial charge in [0.05, 0.1) is 0 Å². The van der Waals surface area contributed by atoms with Gasteiger partial charge in [-0.1, -0.05) is 12.1 Å². The molecule has 4 bridgehead atoms. The van der Waals surface area contributed by atoms with E-state index in [-0.39, 0.29) is 5.91 Å². The zero-order valence-electron chi connectivity index (χ0n) is 14.7. The van der Waals surface area contributed by atoms with Crippen LogP contribution in [0.4, 0.5) is 0 Å². The molecule has 4 aliphatic carbocycles. The molecule has 0 unspecified atom stereocenters. The first-order chi connectivity index (χ1) is 11.0.